The number of anilines is 1. The van der Waals surface area contributed by atoms with E-state index in [1.54, 1.807) is 0 Å². The van der Waals surface area contributed by atoms with Crippen LogP contribution >= 0.6 is 0 Å². The molecule has 1 saturated heterocycles. The van der Waals surface area contributed by atoms with Crippen LogP contribution in [0, 0.1) is 0 Å². The fraction of sp³-hybridized carbons (Fsp3) is 0.571. The van der Waals surface area contributed by atoms with Gasteiger partial charge in [-0.25, -0.2) is 4.68 Å². The molecule has 0 bridgehead atoms. The molecule has 29 heavy (non-hydrogen) atoms. The number of hydrogen-bond acceptors (Lipinski definition) is 4. The molecule has 0 radical (unpaired) electrons. The van der Waals surface area contributed by atoms with Crippen molar-refractivity contribution >= 4 is 5.69 Å². The summed E-state index contributed by atoms with van der Waals surface area (Å²) in [5.74, 6) is 0. The molecule has 0 spiro atoms. The Hall–Kier alpha value is -2.06. The first-order chi connectivity index (χ1) is 13.9. The predicted molar refractivity (Wildman–Crippen MR) is 107 cm³/mol. The highest BCUT2D eigenvalue weighted by atomic mass is 19.4. The Morgan fingerprint density at radius 2 is 1.69 bits per heavy atom. The summed E-state index contributed by atoms with van der Waals surface area (Å²) in [6, 6.07) is 9.60. The van der Waals surface area contributed by atoms with Crippen LogP contribution in [-0.4, -0.2) is 41.0 Å². The van der Waals surface area contributed by atoms with E-state index < -0.39 is 11.9 Å². The lowest BCUT2D eigenvalue weighted by Crippen LogP contribution is -2.55. The number of halogens is 3. The Kier molecular flexibility index (Phi) is 5.83. The van der Waals surface area contributed by atoms with E-state index in [0.717, 1.165) is 50.5 Å². The Labute approximate surface area is 169 Å². The third kappa shape index (κ3) is 4.75. The summed E-state index contributed by atoms with van der Waals surface area (Å²) >= 11 is 0. The molecule has 4 rings (SSSR count). The number of nitrogens with two attached hydrogens (primary N) is 1. The molecule has 1 saturated carbocycles. The average molecular weight is 407 g/mol. The SMILES string of the molecule is N[C@@H]1CCCC[C@H]1NC1CCCN(c2ccc(-n3ccc(C(F)(F)F)n3)cc2)C1. The minimum atomic E-state index is -4.43. The number of alkyl halides is 3. The fourth-order valence-electron chi connectivity index (χ4n) is 4.45. The second-order valence-corrected chi connectivity index (χ2v) is 8.17. The van der Waals surface area contributed by atoms with Gasteiger partial charge in [0.05, 0.1) is 5.69 Å². The van der Waals surface area contributed by atoms with Crippen LogP contribution in [0.5, 0.6) is 0 Å². The normalized spacial score (nSPS) is 25.9. The molecule has 1 aliphatic heterocycles. The molecule has 1 aliphatic carbocycles. The second-order valence-electron chi connectivity index (χ2n) is 8.17. The van der Waals surface area contributed by atoms with Crippen LogP contribution in [0.4, 0.5) is 18.9 Å². The van der Waals surface area contributed by atoms with Crippen molar-refractivity contribution in [2.75, 3.05) is 18.0 Å². The Morgan fingerprint density at radius 3 is 2.38 bits per heavy atom. The highest BCUT2D eigenvalue weighted by Gasteiger charge is 2.33. The van der Waals surface area contributed by atoms with E-state index in [9.17, 15) is 13.2 Å². The van der Waals surface area contributed by atoms with Crippen molar-refractivity contribution in [3.8, 4) is 5.69 Å². The lowest BCUT2D eigenvalue weighted by atomic mass is 9.89. The molecule has 158 valence electrons. The van der Waals surface area contributed by atoms with Crippen molar-refractivity contribution in [3.63, 3.8) is 0 Å². The van der Waals surface area contributed by atoms with Crippen LogP contribution < -0.4 is 16.0 Å². The van der Waals surface area contributed by atoms with Gasteiger partial charge in [-0.2, -0.15) is 18.3 Å². The fourth-order valence-corrected chi connectivity index (χ4v) is 4.45. The van der Waals surface area contributed by atoms with E-state index in [4.69, 9.17) is 5.73 Å². The quantitative estimate of drug-likeness (QED) is 0.811. The number of rotatable bonds is 4. The van der Waals surface area contributed by atoms with Gasteiger partial charge >= 0.3 is 6.18 Å². The van der Waals surface area contributed by atoms with E-state index in [0.29, 0.717) is 17.8 Å². The number of nitrogens with one attached hydrogen (secondary N) is 1. The maximum absolute atomic E-state index is 12.8. The minimum Gasteiger partial charge on any atom is -0.370 e. The Balaban J connectivity index is 1.40. The summed E-state index contributed by atoms with van der Waals surface area (Å²) in [4.78, 5) is 2.34. The third-order valence-electron chi connectivity index (χ3n) is 6.05. The molecule has 5 nitrogen and oxygen atoms in total. The van der Waals surface area contributed by atoms with Gasteiger partial charge in [-0.1, -0.05) is 12.8 Å². The average Bonchev–Trinajstić information content (AvgIpc) is 3.21. The first kappa shape index (κ1) is 20.2. The van der Waals surface area contributed by atoms with E-state index >= 15 is 0 Å². The molecule has 2 heterocycles. The van der Waals surface area contributed by atoms with Crippen LogP contribution in [0.3, 0.4) is 0 Å². The first-order valence-corrected chi connectivity index (χ1v) is 10.4. The summed E-state index contributed by atoms with van der Waals surface area (Å²) in [5.41, 5.74) is 7.10. The molecule has 3 N–H and O–H groups in total. The van der Waals surface area contributed by atoms with Gasteiger partial charge in [-0.15, -0.1) is 0 Å². The molecule has 8 heteroatoms. The summed E-state index contributed by atoms with van der Waals surface area (Å²) in [6.07, 6.45) is 3.87. The molecule has 3 atom stereocenters. The van der Waals surface area contributed by atoms with Crippen molar-refractivity contribution < 1.29 is 13.2 Å². The van der Waals surface area contributed by atoms with Crippen LogP contribution in [0.2, 0.25) is 0 Å². The van der Waals surface area contributed by atoms with Gasteiger partial charge in [0.2, 0.25) is 0 Å². The highest BCUT2D eigenvalue weighted by Crippen LogP contribution is 2.28. The van der Waals surface area contributed by atoms with Crippen molar-refractivity contribution in [1.29, 1.82) is 0 Å². The zero-order valence-electron chi connectivity index (χ0n) is 16.4. The lowest BCUT2D eigenvalue weighted by Gasteiger charge is -2.39. The van der Waals surface area contributed by atoms with Gasteiger partial charge in [0.1, 0.15) is 0 Å². The van der Waals surface area contributed by atoms with Crippen molar-refractivity contribution in [1.82, 2.24) is 15.1 Å². The molecule has 0 amide bonds. The maximum Gasteiger partial charge on any atom is 0.435 e. The number of nitrogens with zero attached hydrogens (tertiary/aromatic N) is 3. The van der Waals surface area contributed by atoms with Gasteiger partial charge in [0.25, 0.3) is 0 Å². The smallest absolute Gasteiger partial charge is 0.370 e. The molecule has 2 aromatic rings. The van der Waals surface area contributed by atoms with Gasteiger partial charge in [-0.3, -0.25) is 0 Å². The maximum atomic E-state index is 12.8. The zero-order valence-corrected chi connectivity index (χ0v) is 16.4. The number of aromatic nitrogens is 2. The molecule has 1 aromatic carbocycles. The Morgan fingerprint density at radius 1 is 0.966 bits per heavy atom. The number of piperidine rings is 1. The van der Waals surface area contributed by atoms with Crippen LogP contribution in [0.15, 0.2) is 36.5 Å². The molecule has 2 fully saturated rings. The van der Waals surface area contributed by atoms with Gasteiger partial charge in [0.15, 0.2) is 5.69 Å². The van der Waals surface area contributed by atoms with Crippen molar-refractivity contribution in [2.24, 2.45) is 5.73 Å². The molecular formula is C21H28F3N5. The molecule has 1 unspecified atom stereocenters. The summed E-state index contributed by atoms with van der Waals surface area (Å²) in [7, 11) is 0. The standard InChI is InChI=1S/C21H28F3N5/c22-21(23,24)20-11-13-29(27-20)17-9-7-16(8-10-17)28-12-3-4-15(14-28)26-19-6-2-1-5-18(19)25/h7-11,13,15,18-19,26H,1-6,12,14,25H2/t15?,18-,19-/m1/s1. The van der Waals surface area contributed by atoms with E-state index in [1.165, 1.54) is 23.7 Å². The van der Waals surface area contributed by atoms with E-state index in [2.05, 4.69) is 15.3 Å². The van der Waals surface area contributed by atoms with Crippen molar-refractivity contribution in [2.45, 2.75) is 62.8 Å². The first-order valence-electron chi connectivity index (χ1n) is 10.4. The summed E-state index contributed by atoms with van der Waals surface area (Å²) in [5, 5.41) is 7.41. The van der Waals surface area contributed by atoms with Crippen LogP contribution in [0.25, 0.3) is 5.69 Å². The molecular weight excluding hydrogens is 379 g/mol. The lowest BCUT2D eigenvalue weighted by molar-refractivity contribution is -0.141. The second kappa shape index (κ2) is 8.36. The molecule has 1 aromatic heterocycles. The largest absolute Gasteiger partial charge is 0.435 e. The topological polar surface area (TPSA) is 59.1 Å². The highest BCUT2D eigenvalue weighted by molar-refractivity contribution is 5.51. The summed E-state index contributed by atoms with van der Waals surface area (Å²) < 4.78 is 39.5. The number of benzene rings is 1. The minimum absolute atomic E-state index is 0.245. The van der Waals surface area contributed by atoms with Crippen LogP contribution in [0.1, 0.15) is 44.2 Å². The van der Waals surface area contributed by atoms with E-state index in [1.807, 2.05) is 24.3 Å². The number of hydrogen-bond donors (Lipinski definition) is 2. The van der Waals surface area contributed by atoms with Gasteiger partial charge in [0, 0.05) is 43.1 Å². The predicted octanol–water partition coefficient (Wildman–Crippen LogP) is 3.72. The summed E-state index contributed by atoms with van der Waals surface area (Å²) in [6.45, 7) is 1.90. The third-order valence-corrected chi connectivity index (χ3v) is 6.05. The monoisotopic (exact) mass is 407 g/mol. The molecule has 2 aliphatic rings. The van der Waals surface area contributed by atoms with E-state index in [-0.39, 0.29) is 6.04 Å². The van der Waals surface area contributed by atoms with Crippen LogP contribution in [-0.2, 0) is 6.18 Å². The zero-order chi connectivity index (χ0) is 20.4. The van der Waals surface area contributed by atoms with Crippen molar-refractivity contribution in [3.05, 3.63) is 42.2 Å². The van der Waals surface area contributed by atoms with Gasteiger partial charge in [-0.05, 0) is 56.0 Å². The Bertz CT molecular complexity index is 801. The van der Waals surface area contributed by atoms with Gasteiger partial charge < -0.3 is 16.0 Å².